The fraction of sp³-hybridized carbons (Fsp3) is 0.200. The van der Waals surface area contributed by atoms with Gasteiger partial charge in [-0.05, 0) is 31.5 Å². The molecule has 4 nitrogen and oxygen atoms in total. The molecule has 0 bridgehead atoms. The van der Waals surface area contributed by atoms with E-state index in [1.165, 1.54) is 11.6 Å². The van der Waals surface area contributed by atoms with Crippen molar-refractivity contribution in [1.82, 2.24) is 0 Å². The quantitative estimate of drug-likeness (QED) is 0.642. The maximum Gasteiger partial charge on any atom is 0.293 e. The van der Waals surface area contributed by atoms with Crippen LogP contribution in [-0.2, 0) is 0 Å². The topological polar surface area (TPSA) is 55.2 Å². The van der Waals surface area contributed by atoms with Gasteiger partial charge in [-0.2, -0.15) is 0 Å². The number of anilines is 1. The van der Waals surface area contributed by atoms with Crippen LogP contribution in [0, 0.1) is 17.0 Å². The molecular formula is C15H15BrN2O2. The van der Waals surface area contributed by atoms with Gasteiger partial charge < -0.3 is 5.32 Å². The molecule has 5 heteroatoms. The van der Waals surface area contributed by atoms with Crippen molar-refractivity contribution in [2.24, 2.45) is 0 Å². The lowest BCUT2D eigenvalue weighted by Crippen LogP contribution is -2.08. The Balaban J connectivity index is 2.25. The largest absolute Gasteiger partial charge is 0.373 e. The minimum Gasteiger partial charge on any atom is -0.373 e. The lowest BCUT2D eigenvalue weighted by molar-refractivity contribution is -0.384. The smallest absolute Gasteiger partial charge is 0.293 e. The summed E-state index contributed by atoms with van der Waals surface area (Å²) < 4.78 is 0.692. The van der Waals surface area contributed by atoms with E-state index < -0.39 is 0 Å². The number of halogens is 1. The summed E-state index contributed by atoms with van der Waals surface area (Å²) in [6.45, 7) is 4.01. The molecule has 0 aliphatic carbocycles. The van der Waals surface area contributed by atoms with E-state index in [2.05, 4.69) is 21.2 Å². The van der Waals surface area contributed by atoms with Crippen molar-refractivity contribution in [3.05, 3.63) is 68.2 Å². The van der Waals surface area contributed by atoms with E-state index in [-0.39, 0.29) is 16.7 Å². The Labute approximate surface area is 126 Å². The van der Waals surface area contributed by atoms with E-state index in [0.717, 1.165) is 5.56 Å². The van der Waals surface area contributed by atoms with E-state index in [4.69, 9.17) is 0 Å². The Morgan fingerprint density at radius 2 is 1.85 bits per heavy atom. The molecule has 0 heterocycles. The molecule has 0 amide bonds. The third-order valence-corrected chi connectivity index (χ3v) is 3.60. The second-order valence-corrected chi connectivity index (χ2v) is 5.61. The number of aryl methyl sites for hydroxylation is 1. The second-order valence-electron chi connectivity index (χ2n) is 4.70. The van der Waals surface area contributed by atoms with E-state index in [1.807, 2.05) is 38.1 Å². The monoisotopic (exact) mass is 334 g/mol. The molecule has 0 aliphatic rings. The number of hydrogen-bond acceptors (Lipinski definition) is 3. The summed E-state index contributed by atoms with van der Waals surface area (Å²) in [6, 6.07) is 13.1. The minimum absolute atomic E-state index is 0.00419. The summed E-state index contributed by atoms with van der Waals surface area (Å²) in [5.74, 6) is 0. The molecule has 0 saturated carbocycles. The fourth-order valence-electron chi connectivity index (χ4n) is 1.95. The van der Waals surface area contributed by atoms with Gasteiger partial charge in [0.15, 0.2) is 0 Å². The number of rotatable bonds is 4. The summed E-state index contributed by atoms with van der Waals surface area (Å²) in [5.41, 5.74) is 2.87. The molecule has 104 valence electrons. The predicted octanol–water partition coefficient (Wildman–Crippen LogP) is 4.84. The molecule has 0 fully saturated rings. The van der Waals surface area contributed by atoms with Gasteiger partial charge in [0.2, 0.25) is 0 Å². The summed E-state index contributed by atoms with van der Waals surface area (Å²) in [7, 11) is 0. The summed E-state index contributed by atoms with van der Waals surface area (Å²) in [6.07, 6.45) is 0. The van der Waals surface area contributed by atoms with Crippen LogP contribution in [0.15, 0.2) is 46.9 Å². The molecule has 2 aromatic carbocycles. The van der Waals surface area contributed by atoms with Crippen molar-refractivity contribution in [2.75, 3.05) is 5.32 Å². The average molecular weight is 335 g/mol. The van der Waals surface area contributed by atoms with Gasteiger partial charge in [-0.3, -0.25) is 10.1 Å². The molecule has 0 aromatic heterocycles. The maximum absolute atomic E-state index is 11.1. The van der Waals surface area contributed by atoms with Crippen LogP contribution in [0.5, 0.6) is 0 Å². The predicted molar refractivity (Wildman–Crippen MR) is 84.0 cm³/mol. The minimum atomic E-state index is -0.380. The lowest BCUT2D eigenvalue weighted by atomic mass is 10.1. The molecule has 1 unspecified atom stereocenters. The van der Waals surface area contributed by atoms with Gasteiger partial charge in [-0.1, -0.05) is 45.8 Å². The summed E-state index contributed by atoms with van der Waals surface area (Å²) >= 11 is 3.25. The third-order valence-electron chi connectivity index (χ3n) is 3.11. The van der Waals surface area contributed by atoms with Crippen molar-refractivity contribution in [2.45, 2.75) is 19.9 Å². The molecule has 0 aliphatic heterocycles. The summed E-state index contributed by atoms with van der Waals surface area (Å²) in [5, 5.41) is 14.3. The molecule has 0 radical (unpaired) electrons. The lowest BCUT2D eigenvalue weighted by Gasteiger charge is -2.16. The Hall–Kier alpha value is -1.88. The van der Waals surface area contributed by atoms with Gasteiger partial charge in [0.05, 0.1) is 4.92 Å². The highest BCUT2D eigenvalue weighted by molar-refractivity contribution is 9.10. The first-order valence-electron chi connectivity index (χ1n) is 6.24. The van der Waals surface area contributed by atoms with Crippen LogP contribution in [-0.4, -0.2) is 4.92 Å². The molecule has 0 saturated heterocycles. The Bertz CT molecular complexity index is 626. The van der Waals surface area contributed by atoms with Crippen LogP contribution in [0.3, 0.4) is 0 Å². The first-order valence-corrected chi connectivity index (χ1v) is 7.03. The SMILES string of the molecule is Cc1ccc(C(C)Nc2ccc(Br)cc2[N+](=O)[O-])cc1. The zero-order chi connectivity index (χ0) is 14.7. The zero-order valence-corrected chi connectivity index (χ0v) is 12.8. The fourth-order valence-corrected chi connectivity index (χ4v) is 2.30. The number of nitrogens with one attached hydrogen (secondary N) is 1. The van der Waals surface area contributed by atoms with E-state index in [1.54, 1.807) is 12.1 Å². The Morgan fingerprint density at radius 3 is 2.45 bits per heavy atom. The first-order chi connectivity index (χ1) is 9.47. The molecule has 2 rings (SSSR count). The van der Waals surface area contributed by atoms with E-state index in [9.17, 15) is 10.1 Å². The number of nitrogens with zero attached hydrogens (tertiary/aromatic N) is 1. The average Bonchev–Trinajstić information content (AvgIpc) is 2.41. The highest BCUT2D eigenvalue weighted by atomic mass is 79.9. The number of nitro benzene ring substituents is 1. The number of hydrogen-bond donors (Lipinski definition) is 1. The van der Waals surface area contributed by atoms with Crippen LogP contribution < -0.4 is 5.32 Å². The highest BCUT2D eigenvalue weighted by Gasteiger charge is 2.16. The van der Waals surface area contributed by atoms with E-state index >= 15 is 0 Å². The molecule has 1 N–H and O–H groups in total. The first kappa shape index (κ1) is 14.5. The van der Waals surface area contributed by atoms with Crippen LogP contribution in [0.4, 0.5) is 11.4 Å². The standard InChI is InChI=1S/C15H15BrN2O2/c1-10-3-5-12(6-4-10)11(2)17-14-8-7-13(16)9-15(14)18(19)20/h3-9,11,17H,1-2H3. The zero-order valence-electron chi connectivity index (χ0n) is 11.3. The summed E-state index contributed by atoms with van der Waals surface area (Å²) in [4.78, 5) is 10.7. The van der Waals surface area contributed by atoms with Crippen LogP contribution in [0.1, 0.15) is 24.1 Å². The van der Waals surface area contributed by atoms with Gasteiger partial charge in [-0.15, -0.1) is 0 Å². The van der Waals surface area contributed by atoms with Crippen molar-refractivity contribution in [3.63, 3.8) is 0 Å². The Morgan fingerprint density at radius 1 is 1.20 bits per heavy atom. The number of benzene rings is 2. The maximum atomic E-state index is 11.1. The second kappa shape index (κ2) is 6.05. The van der Waals surface area contributed by atoms with Crippen molar-refractivity contribution in [1.29, 1.82) is 0 Å². The van der Waals surface area contributed by atoms with E-state index in [0.29, 0.717) is 10.2 Å². The van der Waals surface area contributed by atoms with Gasteiger partial charge in [-0.25, -0.2) is 0 Å². The van der Waals surface area contributed by atoms with Crippen molar-refractivity contribution in [3.8, 4) is 0 Å². The van der Waals surface area contributed by atoms with Crippen LogP contribution in [0.25, 0.3) is 0 Å². The van der Waals surface area contributed by atoms with Crippen molar-refractivity contribution >= 4 is 27.3 Å². The third kappa shape index (κ3) is 3.36. The van der Waals surface area contributed by atoms with Gasteiger partial charge in [0.25, 0.3) is 5.69 Å². The van der Waals surface area contributed by atoms with Crippen molar-refractivity contribution < 1.29 is 4.92 Å². The molecule has 1 atom stereocenters. The molecule has 2 aromatic rings. The highest BCUT2D eigenvalue weighted by Crippen LogP contribution is 2.30. The Kier molecular flexibility index (Phi) is 4.39. The van der Waals surface area contributed by atoms with Crippen LogP contribution >= 0.6 is 15.9 Å². The molecular weight excluding hydrogens is 320 g/mol. The van der Waals surface area contributed by atoms with Crippen LogP contribution in [0.2, 0.25) is 0 Å². The van der Waals surface area contributed by atoms with Gasteiger partial charge in [0, 0.05) is 16.6 Å². The van der Waals surface area contributed by atoms with Gasteiger partial charge >= 0.3 is 0 Å². The normalized spacial score (nSPS) is 11.9. The van der Waals surface area contributed by atoms with Gasteiger partial charge in [0.1, 0.15) is 5.69 Å². The molecule has 20 heavy (non-hydrogen) atoms. The number of nitro groups is 1. The molecule has 0 spiro atoms.